The van der Waals surface area contributed by atoms with Gasteiger partial charge in [0.2, 0.25) is 0 Å². The van der Waals surface area contributed by atoms with E-state index in [2.05, 4.69) is 10.3 Å². The minimum atomic E-state index is -1.19. The molecule has 0 aliphatic heterocycles. The predicted molar refractivity (Wildman–Crippen MR) is 83.1 cm³/mol. The number of rotatable bonds is 3. The summed E-state index contributed by atoms with van der Waals surface area (Å²) >= 11 is 0. The fourth-order valence-corrected chi connectivity index (χ4v) is 2.22. The van der Waals surface area contributed by atoms with Gasteiger partial charge in [0.1, 0.15) is 5.82 Å². The molecule has 3 aromatic rings. The van der Waals surface area contributed by atoms with Gasteiger partial charge in [-0.25, -0.2) is 9.18 Å². The largest absolute Gasteiger partial charge is 0.478 e. The van der Waals surface area contributed by atoms with Crippen LogP contribution in [0.3, 0.4) is 0 Å². The third-order valence-corrected chi connectivity index (χ3v) is 3.36. The Balaban J connectivity index is 2.05. The summed E-state index contributed by atoms with van der Waals surface area (Å²) in [5.41, 5.74) is 1.73. The third kappa shape index (κ3) is 2.80. The lowest BCUT2D eigenvalue weighted by molar-refractivity contribution is 0.0696. The van der Waals surface area contributed by atoms with Crippen LogP contribution in [0.2, 0.25) is 0 Å². The number of halogens is 1. The molecule has 0 fully saturated rings. The minimum Gasteiger partial charge on any atom is -0.478 e. The fraction of sp³-hybridized carbons (Fsp3) is 0. The first-order valence-electron chi connectivity index (χ1n) is 6.67. The molecule has 3 rings (SSSR count). The molecule has 6 heteroatoms. The van der Waals surface area contributed by atoms with Crippen molar-refractivity contribution in [2.75, 3.05) is 5.32 Å². The predicted octanol–water partition coefficient (Wildman–Crippen LogP) is 3.69. The van der Waals surface area contributed by atoms with E-state index in [-0.39, 0.29) is 11.3 Å². The molecule has 0 aliphatic carbocycles. The summed E-state index contributed by atoms with van der Waals surface area (Å²) in [6, 6.07) is 12.4. The number of hydrogen-bond acceptors (Lipinski definition) is 4. The molecule has 0 saturated carbocycles. The van der Waals surface area contributed by atoms with Crippen molar-refractivity contribution in [3.05, 3.63) is 65.6 Å². The molecule has 0 spiro atoms. The lowest BCUT2D eigenvalue weighted by Gasteiger charge is -2.11. The van der Waals surface area contributed by atoms with E-state index in [1.165, 1.54) is 12.1 Å². The highest BCUT2D eigenvalue weighted by atomic mass is 19.1. The second-order valence-corrected chi connectivity index (χ2v) is 4.83. The molecule has 1 heterocycles. The Kier molecular flexibility index (Phi) is 3.61. The molecule has 23 heavy (non-hydrogen) atoms. The van der Waals surface area contributed by atoms with Crippen LogP contribution in [0.25, 0.3) is 10.9 Å². The van der Waals surface area contributed by atoms with E-state index in [0.717, 1.165) is 6.07 Å². The van der Waals surface area contributed by atoms with Crippen LogP contribution < -0.4 is 5.32 Å². The highest BCUT2D eigenvalue weighted by Gasteiger charge is 2.10. The summed E-state index contributed by atoms with van der Waals surface area (Å²) in [7, 11) is 0. The van der Waals surface area contributed by atoms with Crippen molar-refractivity contribution in [3.8, 4) is 6.07 Å². The molecular weight excluding hydrogens is 297 g/mol. The normalized spacial score (nSPS) is 10.3. The first kappa shape index (κ1) is 14.5. The van der Waals surface area contributed by atoms with Gasteiger partial charge in [0.25, 0.3) is 0 Å². The molecule has 0 unspecified atom stereocenters. The Morgan fingerprint density at radius 2 is 2.00 bits per heavy atom. The number of fused-ring (bicyclic) bond motifs is 1. The van der Waals surface area contributed by atoms with E-state index < -0.39 is 11.8 Å². The number of nitriles is 1. The molecule has 0 amide bonds. The van der Waals surface area contributed by atoms with Crippen molar-refractivity contribution in [1.29, 1.82) is 5.26 Å². The number of carboxylic acid groups (broad SMARTS) is 1. The maximum atomic E-state index is 14.0. The van der Waals surface area contributed by atoms with Crippen LogP contribution in [0.4, 0.5) is 15.8 Å². The highest BCUT2D eigenvalue weighted by molar-refractivity contribution is 5.94. The average Bonchev–Trinajstić information content (AvgIpc) is 2.56. The summed E-state index contributed by atoms with van der Waals surface area (Å²) in [5, 5.41) is 21.5. The second kappa shape index (κ2) is 5.73. The van der Waals surface area contributed by atoms with Crippen molar-refractivity contribution in [1.82, 2.24) is 4.98 Å². The molecule has 112 valence electrons. The standard InChI is InChI=1S/C17H10FN3O2/c18-13-8-11(17(22)23)2-4-16(13)21-15-5-6-20-14-3-1-10(9-19)7-12(14)15/h1-8H,(H,20,21)(H,22,23). The van der Waals surface area contributed by atoms with Gasteiger partial charge in [-0.1, -0.05) is 0 Å². The van der Waals surface area contributed by atoms with E-state index >= 15 is 0 Å². The Bertz CT molecular complexity index is 964. The lowest BCUT2D eigenvalue weighted by atomic mass is 10.1. The number of carboxylic acids is 1. The number of anilines is 2. The summed E-state index contributed by atoms with van der Waals surface area (Å²) in [4.78, 5) is 15.0. The molecule has 0 atom stereocenters. The van der Waals surface area contributed by atoms with E-state index in [1.807, 2.05) is 6.07 Å². The van der Waals surface area contributed by atoms with Crippen molar-refractivity contribution < 1.29 is 14.3 Å². The van der Waals surface area contributed by atoms with Crippen molar-refractivity contribution in [2.24, 2.45) is 0 Å². The minimum absolute atomic E-state index is 0.126. The second-order valence-electron chi connectivity index (χ2n) is 4.83. The molecular formula is C17H10FN3O2. The summed E-state index contributed by atoms with van der Waals surface area (Å²) in [6.45, 7) is 0. The van der Waals surface area contributed by atoms with Gasteiger partial charge >= 0.3 is 5.97 Å². The maximum absolute atomic E-state index is 14.0. The Hall–Kier alpha value is -3.46. The molecule has 2 N–H and O–H groups in total. The molecule has 0 radical (unpaired) electrons. The number of hydrogen-bond donors (Lipinski definition) is 2. The SMILES string of the molecule is N#Cc1ccc2nccc(Nc3ccc(C(=O)O)cc3F)c2c1. The fourth-order valence-electron chi connectivity index (χ4n) is 2.22. The van der Waals surface area contributed by atoms with Gasteiger partial charge in [0.15, 0.2) is 0 Å². The molecule has 2 aromatic carbocycles. The zero-order valence-electron chi connectivity index (χ0n) is 11.7. The highest BCUT2D eigenvalue weighted by Crippen LogP contribution is 2.27. The van der Waals surface area contributed by atoms with Crippen molar-refractivity contribution in [3.63, 3.8) is 0 Å². The van der Waals surface area contributed by atoms with Gasteiger partial charge in [-0.3, -0.25) is 4.98 Å². The van der Waals surface area contributed by atoms with Gasteiger partial charge in [0, 0.05) is 17.3 Å². The lowest BCUT2D eigenvalue weighted by Crippen LogP contribution is -2.00. The summed E-state index contributed by atoms with van der Waals surface area (Å²) in [5.74, 6) is -1.87. The van der Waals surface area contributed by atoms with Crippen LogP contribution >= 0.6 is 0 Å². The zero-order chi connectivity index (χ0) is 16.4. The Morgan fingerprint density at radius 3 is 2.70 bits per heavy atom. The van der Waals surface area contributed by atoms with E-state index in [0.29, 0.717) is 22.2 Å². The number of nitrogens with zero attached hydrogens (tertiary/aromatic N) is 2. The topological polar surface area (TPSA) is 86.0 Å². The number of carbonyl (C=O) groups is 1. The van der Waals surface area contributed by atoms with Crippen LogP contribution in [0, 0.1) is 17.1 Å². The zero-order valence-corrected chi connectivity index (χ0v) is 11.7. The van der Waals surface area contributed by atoms with Gasteiger partial charge < -0.3 is 10.4 Å². The first-order valence-corrected chi connectivity index (χ1v) is 6.67. The van der Waals surface area contributed by atoms with Crippen LogP contribution in [0.1, 0.15) is 15.9 Å². The van der Waals surface area contributed by atoms with Crippen molar-refractivity contribution in [2.45, 2.75) is 0 Å². The molecule has 5 nitrogen and oxygen atoms in total. The first-order chi connectivity index (χ1) is 11.1. The van der Waals surface area contributed by atoms with Gasteiger partial charge in [-0.05, 0) is 42.5 Å². The Labute approximate surface area is 130 Å². The quantitative estimate of drug-likeness (QED) is 0.770. The third-order valence-electron chi connectivity index (χ3n) is 3.36. The Morgan fingerprint density at radius 1 is 1.17 bits per heavy atom. The van der Waals surface area contributed by atoms with Gasteiger partial charge in [-0.15, -0.1) is 0 Å². The smallest absolute Gasteiger partial charge is 0.335 e. The van der Waals surface area contributed by atoms with Gasteiger partial charge in [-0.2, -0.15) is 5.26 Å². The molecule has 0 bridgehead atoms. The van der Waals surface area contributed by atoms with Gasteiger partial charge in [0.05, 0.1) is 28.4 Å². The number of benzene rings is 2. The number of aromatic nitrogens is 1. The van der Waals surface area contributed by atoms with Crippen molar-refractivity contribution >= 4 is 28.2 Å². The molecule has 1 aromatic heterocycles. The monoisotopic (exact) mass is 307 g/mol. The van der Waals surface area contributed by atoms with Crippen LogP contribution in [-0.4, -0.2) is 16.1 Å². The number of nitrogens with one attached hydrogen (secondary N) is 1. The number of aromatic carboxylic acids is 1. The van der Waals surface area contributed by atoms with Crippen LogP contribution in [0.5, 0.6) is 0 Å². The number of pyridine rings is 1. The van der Waals surface area contributed by atoms with E-state index in [9.17, 15) is 9.18 Å². The summed E-state index contributed by atoms with van der Waals surface area (Å²) < 4.78 is 14.0. The van der Waals surface area contributed by atoms with E-state index in [4.69, 9.17) is 10.4 Å². The molecule has 0 saturated heterocycles. The van der Waals surface area contributed by atoms with Crippen LogP contribution in [-0.2, 0) is 0 Å². The van der Waals surface area contributed by atoms with Crippen LogP contribution in [0.15, 0.2) is 48.7 Å². The maximum Gasteiger partial charge on any atom is 0.335 e. The average molecular weight is 307 g/mol. The molecule has 0 aliphatic rings. The van der Waals surface area contributed by atoms with E-state index in [1.54, 1.807) is 30.5 Å². The summed E-state index contributed by atoms with van der Waals surface area (Å²) in [6.07, 6.45) is 1.57.